The maximum Gasteiger partial charge on any atom is 0.123 e. The van der Waals surface area contributed by atoms with E-state index in [0.29, 0.717) is 0 Å². The second-order valence-corrected chi connectivity index (χ2v) is 3.91. The second-order valence-electron chi connectivity index (χ2n) is 3.91. The first-order chi connectivity index (χ1) is 7.84. The van der Waals surface area contributed by atoms with Crippen LogP contribution in [-0.2, 0) is 13.1 Å². The molecule has 1 aromatic carbocycles. The van der Waals surface area contributed by atoms with E-state index < -0.39 is 0 Å². The van der Waals surface area contributed by atoms with Crippen molar-refractivity contribution in [3.8, 4) is 11.1 Å². The van der Waals surface area contributed by atoms with Gasteiger partial charge in [-0.25, -0.2) is 4.39 Å². The van der Waals surface area contributed by atoms with Crippen LogP contribution in [-0.4, -0.2) is 16.3 Å². The zero-order chi connectivity index (χ0) is 11.0. The van der Waals surface area contributed by atoms with Crippen LogP contribution in [0.5, 0.6) is 0 Å². The highest BCUT2D eigenvalue weighted by molar-refractivity contribution is 5.65. The molecule has 0 unspecified atom stereocenters. The zero-order valence-corrected chi connectivity index (χ0v) is 8.78. The number of halogens is 1. The Morgan fingerprint density at radius 3 is 2.88 bits per heavy atom. The number of hydrogen-bond acceptors (Lipinski definition) is 2. The van der Waals surface area contributed by atoms with Gasteiger partial charge in [-0.3, -0.25) is 4.68 Å². The number of nitrogens with zero attached hydrogens (tertiary/aromatic N) is 2. The van der Waals surface area contributed by atoms with Crippen LogP contribution in [0.15, 0.2) is 30.5 Å². The van der Waals surface area contributed by atoms with E-state index >= 15 is 0 Å². The Morgan fingerprint density at radius 2 is 2.06 bits per heavy atom. The lowest BCUT2D eigenvalue weighted by Gasteiger charge is -2.16. The van der Waals surface area contributed by atoms with E-state index in [1.54, 1.807) is 12.1 Å². The molecule has 4 heteroatoms. The SMILES string of the molecule is Fc1ccc(-c2cnn3c2CNCC3)cc1. The first-order valence-corrected chi connectivity index (χ1v) is 5.36. The van der Waals surface area contributed by atoms with Crippen LogP contribution in [0.1, 0.15) is 5.69 Å². The van der Waals surface area contributed by atoms with Gasteiger partial charge in [-0.2, -0.15) is 5.10 Å². The maximum atomic E-state index is 12.8. The van der Waals surface area contributed by atoms with E-state index in [0.717, 1.165) is 30.8 Å². The van der Waals surface area contributed by atoms with Crippen molar-refractivity contribution in [3.05, 3.63) is 42.0 Å². The van der Waals surface area contributed by atoms with E-state index in [1.165, 1.54) is 17.8 Å². The Hall–Kier alpha value is -1.68. The van der Waals surface area contributed by atoms with Crippen molar-refractivity contribution < 1.29 is 4.39 Å². The minimum Gasteiger partial charge on any atom is -0.309 e. The molecule has 82 valence electrons. The fraction of sp³-hybridized carbons (Fsp3) is 0.250. The fourth-order valence-electron chi connectivity index (χ4n) is 2.05. The molecule has 1 N–H and O–H groups in total. The van der Waals surface area contributed by atoms with E-state index in [4.69, 9.17) is 0 Å². The van der Waals surface area contributed by atoms with Crippen molar-refractivity contribution in [1.82, 2.24) is 15.1 Å². The minimum absolute atomic E-state index is 0.206. The summed E-state index contributed by atoms with van der Waals surface area (Å²) in [6.45, 7) is 2.68. The molecular formula is C12H12FN3. The van der Waals surface area contributed by atoms with Gasteiger partial charge in [0.25, 0.3) is 0 Å². The Bertz CT molecular complexity index is 501. The molecule has 1 aliphatic rings. The summed E-state index contributed by atoms with van der Waals surface area (Å²) in [5, 5.41) is 7.65. The van der Waals surface area contributed by atoms with Gasteiger partial charge in [-0.1, -0.05) is 12.1 Å². The lowest BCUT2D eigenvalue weighted by molar-refractivity contribution is 0.476. The van der Waals surface area contributed by atoms with E-state index in [1.807, 2.05) is 10.9 Å². The quantitative estimate of drug-likeness (QED) is 0.789. The summed E-state index contributed by atoms with van der Waals surface area (Å²) in [4.78, 5) is 0. The largest absolute Gasteiger partial charge is 0.309 e. The highest BCUT2D eigenvalue weighted by atomic mass is 19.1. The molecule has 0 radical (unpaired) electrons. The maximum absolute atomic E-state index is 12.8. The van der Waals surface area contributed by atoms with E-state index in [-0.39, 0.29) is 5.82 Å². The van der Waals surface area contributed by atoms with Crippen molar-refractivity contribution in [2.75, 3.05) is 6.54 Å². The number of rotatable bonds is 1. The molecule has 0 atom stereocenters. The van der Waals surface area contributed by atoms with Gasteiger partial charge < -0.3 is 5.32 Å². The summed E-state index contributed by atoms with van der Waals surface area (Å²) in [5.41, 5.74) is 3.29. The Labute approximate surface area is 92.9 Å². The van der Waals surface area contributed by atoms with Gasteiger partial charge in [-0.05, 0) is 17.7 Å². The molecular weight excluding hydrogens is 205 g/mol. The van der Waals surface area contributed by atoms with Gasteiger partial charge in [-0.15, -0.1) is 0 Å². The van der Waals surface area contributed by atoms with Gasteiger partial charge in [0.2, 0.25) is 0 Å². The van der Waals surface area contributed by atoms with Gasteiger partial charge in [0.05, 0.1) is 18.4 Å². The third-order valence-corrected chi connectivity index (χ3v) is 2.90. The topological polar surface area (TPSA) is 29.9 Å². The number of aromatic nitrogens is 2. The monoisotopic (exact) mass is 217 g/mol. The highest BCUT2D eigenvalue weighted by Crippen LogP contribution is 2.24. The number of fused-ring (bicyclic) bond motifs is 1. The van der Waals surface area contributed by atoms with Crippen molar-refractivity contribution >= 4 is 0 Å². The van der Waals surface area contributed by atoms with Crippen molar-refractivity contribution in [1.29, 1.82) is 0 Å². The van der Waals surface area contributed by atoms with Crippen molar-refractivity contribution in [3.63, 3.8) is 0 Å². The first kappa shape index (κ1) is 9.54. The van der Waals surface area contributed by atoms with Crippen LogP contribution < -0.4 is 5.32 Å². The van der Waals surface area contributed by atoms with Crippen LogP contribution in [0.4, 0.5) is 4.39 Å². The average Bonchev–Trinajstić information content (AvgIpc) is 2.74. The molecule has 0 amide bonds. The molecule has 0 saturated heterocycles. The predicted molar refractivity (Wildman–Crippen MR) is 59.3 cm³/mol. The Morgan fingerprint density at radius 1 is 1.25 bits per heavy atom. The van der Waals surface area contributed by atoms with Crippen molar-refractivity contribution in [2.45, 2.75) is 13.1 Å². The summed E-state index contributed by atoms with van der Waals surface area (Å²) in [6.07, 6.45) is 1.86. The summed E-state index contributed by atoms with van der Waals surface area (Å²) < 4.78 is 14.8. The zero-order valence-electron chi connectivity index (χ0n) is 8.78. The first-order valence-electron chi connectivity index (χ1n) is 5.36. The molecule has 0 saturated carbocycles. The molecule has 0 spiro atoms. The van der Waals surface area contributed by atoms with Crippen LogP contribution in [0, 0.1) is 5.82 Å². The molecule has 3 nitrogen and oxygen atoms in total. The molecule has 2 aromatic rings. The molecule has 0 aliphatic carbocycles. The number of benzene rings is 1. The highest BCUT2D eigenvalue weighted by Gasteiger charge is 2.15. The Kier molecular flexibility index (Phi) is 2.22. The summed E-state index contributed by atoms with van der Waals surface area (Å²) in [7, 11) is 0. The molecule has 0 bridgehead atoms. The molecule has 0 fully saturated rings. The second kappa shape index (κ2) is 3.72. The number of hydrogen-bond donors (Lipinski definition) is 1. The van der Waals surface area contributed by atoms with Crippen molar-refractivity contribution in [2.24, 2.45) is 0 Å². The lowest BCUT2D eigenvalue weighted by Crippen LogP contribution is -2.28. The van der Waals surface area contributed by atoms with Gasteiger partial charge in [0, 0.05) is 18.7 Å². The van der Waals surface area contributed by atoms with Crippen LogP contribution >= 0.6 is 0 Å². The third-order valence-electron chi connectivity index (χ3n) is 2.90. The molecule has 1 aromatic heterocycles. The lowest BCUT2D eigenvalue weighted by atomic mass is 10.1. The summed E-state index contributed by atoms with van der Waals surface area (Å²) >= 11 is 0. The normalized spacial score (nSPS) is 14.8. The molecule has 3 rings (SSSR count). The molecule has 1 aliphatic heterocycles. The number of nitrogens with one attached hydrogen (secondary N) is 1. The van der Waals surface area contributed by atoms with Crippen LogP contribution in [0.25, 0.3) is 11.1 Å². The van der Waals surface area contributed by atoms with Gasteiger partial charge in [0.1, 0.15) is 5.82 Å². The Balaban J connectivity index is 2.06. The van der Waals surface area contributed by atoms with Gasteiger partial charge in [0.15, 0.2) is 0 Å². The smallest absolute Gasteiger partial charge is 0.123 e. The van der Waals surface area contributed by atoms with Crippen LogP contribution in [0.2, 0.25) is 0 Å². The standard InChI is InChI=1S/C12H12FN3/c13-10-3-1-9(2-4-10)11-7-15-16-6-5-14-8-12(11)16/h1-4,7,14H,5-6,8H2. The molecule has 2 heterocycles. The van der Waals surface area contributed by atoms with Crippen LogP contribution in [0.3, 0.4) is 0 Å². The minimum atomic E-state index is -0.206. The average molecular weight is 217 g/mol. The predicted octanol–water partition coefficient (Wildman–Crippen LogP) is 1.79. The molecule has 16 heavy (non-hydrogen) atoms. The van der Waals surface area contributed by atoms with E-state index in [9.17, 15) is 4.39 Å². The fourth-order valence-corrected chi connectivity index (χ4v) is 2.05. The van der Waals surface area contributed by atoms with E-state index in [2.05, 4.69) is 10.4 Å². The summed E-state index contributed by atoms with van der Waals surface area (Å²) in [6, 6.07) is 6.55. The summed E-state index contributed by atoms with van der Waals surface area (Å²) in [5.74, 6) is -0.206. The van der Waals surface area contributed by atoms with Gasteiger partial charge >= 0.3 is 0 Å². The third kappa shape index (κ3) is 1.51.